The molecule has 1 aliphatic carbocycles. The van der Waals surface area contributed by atoms with Crippen LogP contribution in [0.2, 0.25) is 0 Å². The molecular weight excluding hydrogens is 362 g/mol. The number of nitrogens with one attached hydrogen (secondary N) is 1. The van der Waals surface area contributed by atoms with Crippen molar-refractivity contribution in [3.05, 3.63) is 58.1 Å². The van der Waals surface area contributed by atoms with Gasteiger partial charge in [0.2, 0.25) is 5.95 Å². The van der Waals surface area contributed by atoms with Gasteiger partial charge >= 0.3 is 0 Å². The van der Waals surface area contributed by atoms with Crippen LogP contribution in [0.4, 0.5) is 5.95 Å². The summed E-state index contributed by atoms with van der Waals surface area (Å²) in [5.74, 6) is 1.80. The van der Waals surface area contributed by atoms with Gasteiger partial charge in [-0.2, -0.15) is 0 Å². The van der Waals surface area contributed by atoms with E-state index < -0.39 is 0 Å². The first kappa shape index (κ1) is 14.5. The molecule has 1 atom stereocenters. The standard InChI is InChI=1S/C20H20BrN3/c21-14-9-10-17-18(12-14)23-20(22-17)24-11-3-6-19(24)16-5-2-1-4-15(16)13-7-8-13/h1-2,4-5,9-10,12-13,19H,3,6-8,11H2,(H,22,23). The first-order chi connectivity index (χ1) is 11.8. The van der Waals surface area contributed by atoms with E-state index in [1.54, 1.807) is 5.56 Å². The van der Waals surface area contributed by atoms with Crippen molar-refractivity contribution in [1.82, 2.24) is 9.97 Å². The summed E-state index contributed by atoms with van der Waals surface area (Å²) in [6, 6.07) is 15.7. The van der Waals surface area contributed by atoms with Gasteiger partial charge in [-0.05, 0) is 60.9 Å². The molecule has 5 rings (SSSR count). The van der Waals surface area contributed by atoms with Gasteiger partial charge in [-0.15, -0.1) is 0 Å². The molecular formula is C20H20BrN3. The molecule has 1 saturated heterocycles. The molecule has 3 nitrogen and oxygen atoms in total. The number of hydrogen-bond donors (Lipinski definition) is 1. The van der Waals surface area contributed by atoms with Crippen molar-refractivity contribution in [2.45, 2.75) is 37.6 Å². The van der Waals surface area contributed by atoms with Crippen LogP contribution in [0.25, 0.3) is 11.0 Å². The topological polar surface area (TPSA) is 31.9 Å². The number of rotatable bonds is 3. The lowest BCUT2D eigenvalue weighted by Gasteiger charge is -2.26. The molecule has 2 fully saturated rings. The molecule has 1 N–H and O–H groups in total. The van der Waals surface area contributed by atoms with Gasteiger partial charge in [0.05, 0.1) is 17.1 Å². The predicted octanol–water partition coefficient (Wildman–Crippen LogP) is 5.54. The SMILES string of the molecule is Brc1ccc2nc(N3CCCC3c3ccccc3C3CC3)[nH]c2c1. The Kier molecular flexibility index (Phi) is 3.40. The minimum atomic E-state index is 0.450. The van der Waals surface area contributed by atoms with Crippen LogP contribution in [0.15, 0.2) is 46.9 Å². The average molecular weight is 382 g/mol. The molecule has 1 unspecified atom stereocenters. The Balaban J connectivity index is 1.55. The predicted molar refractivity (Wildman–Crippen MR) is 102 cm³/mol. The molecule has 0 bridgehead atoms. The molecule has 1 aromatic heterocycles. The Morgan fingerprint density at radius 1 is 1.04 bits per heavy atom. The maximum atomic E-state index is 4.85. The summed E-state index contributed by atoms with van der Waals surface area (Å²) in [4.78, 5) is 10.8. The maximum absolute atomic E-state index is 4.85. The summed E-state index contributed by atoms with van der Waals surface area (Å²) in [5.41, 5.74) is 5.21. The van der Waals surface area contributed by atoms with Gasteiger partial charge in [0, 0.05) is 11.0 Å². The van der Waals surface area contributed by atoms with E-state index in [2.05, 4.69) is 68.3 Å². The van der Waals surface area contributed by atoms with E-state index in [0.29, 0.717) is 6.04 Å². The second-order valence-electron chi connectivity index (χ2n) is 6.98. The lowest BCUT2D eigenvalue weighted by atomic mass is 9.95. The number of halogens is 1. The van der Waals surface area contributed by atoms with Crippen LogP contribution in [0.3, 0.4) is 0 Å². The lowest BCUT2D eigenvalue weighted by molar-refractivity contribution is 0.697. The van der Waals surface area contributed by atoms with E-state index in [0.717, 1.165) is 33.9 Å². The van der Waals surface area contributed by atoms with E-state index >= 15 is 0 Å². The maximum Gasteiger partial charge on any atom is 0.204 e. The lowest BCUT2D eigenvalue weighted by Crippen LogP contribution is -2.24. The Hall–Kier alpha value is -1.81. The molecule has 1 saturated carbocycles. The third-order valence-corrected chi connectivity index (χ3v) is 5.82. The van der Waals surface area contributed by atoms with Crippen molar-refractivity contribution in [3.63, 3.8) is 0 Å². The third-order valence-electron chi connectivity index (χ3n) is 5.33. The zero-order chi connectivity index (χ0) is 16.1. The van der Waals surface area contributed by atoms with Crippen LogP contribution in [-0.4, -0.2) is 16.5 Å². The fourth-order valence-corrected chi connectivity index (χ4v) is 4.39. The van der Waals surface area contributed by atoms with Gasteiger partial charge in [0.15, 0.2) is 0 Å². The van der Waals surface area contributed by atoms with Crippen molar-refractivity contribution in [1.29, 1.82) is 0 Å². The largest absolute Gasteiger partial charge is 0.335 e. The van der Waals surface area contributed by atoms with Crippen LogP contribution >= 0.6 is 15.9 Å². The number of hydrogen-bond acceptors (Lipinski definition) is 2. The van der Waals surface area contributed by atoms with Crippen molar-refractivity contribution in [2.75, 3.05) is 11.4 Å². The van der Waals surface area contributed by atoms with E-state index in [-0.39, 0.29) is 0 Å². The summed E-state index contributed by atoms with van der Waals surface area (Å²) in [6.07, 6.45) is 5.14. The Labute approximate surface area is 150 Å². The van der Waals surface area contributed by atoms with Gasteiger partial charge < -0.3 is 9.88 Å². The van der Waals surface area contributed by atoms with Gasteiger partial charge in [0.1, 0.15) is 0 Å². The zero-order valence-electron chi connectivity index (χ0n) is 13.5. The summed E-state index contributed by atoms with van der Waals surface area (Å²) in [5, 5.41) is 0. The second-order valence-corrected chi connectivity index (χ2v) is 7.89. The number of imidazole rings is 1. The van der Waals surface area contributed by atoms with E-state index in [1.165, 1.54) is 31.2 Å². The Morgan fingerprint density at radius 3 is 2.71 bits per heavy atom. The summed E-state index contributed by atoms with van der Waals surface area (Å²) >= 11 is 3.54. The van der Waals surface area contributed by atoms with E-state index in [1.807, 2.05) is 0 Å². The number of aromatic nitrogens is 2. The fraction of sp³-hybridized carbons (Fsp3) is 0.350. The number of fused-ring (bicyclic) bond motifs is 1. The monoisotopic (exact) mass is 381 g/mol. The molecule has 24 heavy (non-hydrogen) atoms. The van der Waals surface area contributed by atoms with E-state index in [9.17, 15) is 0 Å². The molecule has 2 aromatic carbocycles. The average Bonchev–Trinajstić information content (AvgIpc) is 3.18. The molecule has 4 heteroatoms. The third kappa shape index (κ3) is 2.44. The van der Waals surface area contributed by atoms with Crippen LogP contribution in [0, 0.1) is 0 Å². The molecule has 0 spiro atoms. The summed E-state index contributed by atoms with van der Waals surface area (Å²) in [7, 11) is 0. The van der Waals surface area contributed by atoms with Crippen molar-refractivity contribution in [3.8, 4) is 0 Å². The first-order valence-corrected chi connectivity index (χ1v) is 9.59. The highest BCUT2D eigenvalue weighted by atomic mass is 79.9. The molecule has 0 amide bonds. The molecule has 0 radical (unpaired) electrons. The highest BCUT2D eigenvalue weighted by molar-refractivity contribution is 9.10. The van der Waals surface area contributed by atoms with Gasteiger partial charge in [0.25, 0.3) is 0 Å². The summed E-state index contributed by atoms with van der Waals surface area (Å²) in [6.45, 7) is 1.07. The highest BCUT2D eigenvalue weighted by Crippen LogP contribution is 2.46. The van der Waals surface area contributed by atoms with Gasteiger partial charge in [-0.3, -0.25) is 0 Å². The van der Waals surface area contributed by atoms with E-state index in [4.69, 9.17) is 4.98 Å². The zero-order valence-corrected chi connectivity index (χ0v) is 15.1. The fourth-order valence-electron chi connectivity index (χ4n) is 4.03. The van der Waals surface area contributed by atoms with Gasteiger partial charge in [-0.25, -0.2) is 4.98 Å². The molecule has 2 aliphatic rings. The Bertz CT molecular complexity index is 897. The second kappa shape index (κ2) is 5.62. The highest BCUT2D eigenvalue weighted by Gasteiger charge is 2.33. The van der Waals surface area contributed by atoms with Crippen molar-refractivity contribution in [2.24, 2.45) is 0 Å². The van der Waals surface area contributed by atoms with Crippen molar-refractivity contribution >= 4 is 32.9 Å². The molecule has 3 aromatic rings. The first-order valence-electron chi connectivity index (χ1n) is 8.80. The number of H-pyrrole nitrogens is 1. The smallest absolute Gasteiger partial charge is 0.204 e. The molecule has 1 aliphatic heterocycles. The number of anilines is 1. The number of aromatic amines is 1. The number of benzene rings is 2. The van der Waals surface area contributed by atoms with Crippen LogP contribution < -0.4 is 4.90 Å². The summed E-state index contributed by atoms with van der Waals surface area (Å²) < 4.78 is 1.09. The quantitative estimate of drug-likeness (QED) is 0.645. The minimum Gasteiger partial charge on any atom is -0.335 e. The molecule has 2 heterocycles. The van der Waals surface area contributed by atoms with Crippen LogP contribution in [-0.2, 0) is 0 Å². The Morgan fingerprint density at radius 2 is 1.88 bits per heavy atom. The van der Waals surface area contributed by atoms with Gasteiger partial charge in [-0.1, -0.05) is 40.2 Å². The van der Waals surface area contributed by atoms with Crippen LogP contribution in [0.1, 0.15) is 48.8 Å². The number of nitrogens with zero attached hydrogens (tertiary/aromatic N) is 2. The normalized spacial score (nSPS) is 20.9. The van der Waals surface area contributed by atoms with Crippen molar-refractivity contribution < 1.29 is 0 Å². The molecule has 122 valence electrons. The minimum absolute atomic E-state index is 0.450. The van der Waals surface area contributed by atoms with Crippen LogP contribution in [0.5, 0.6) is 0 Å².